The molecule has 2 aromatic carbocycles. The maximum atomic E-state index is 4.12. The summed E-state index contributed by atoms with van der Waals surface area (Å²) in [5, 5.41) is 9.16. The highest BCUT2D eigenvalue weighted by molar-refractivity contribution is 5.94. The molecule has 2 nitrogen and oxygen atoms in total. The number of aromatic nitrogens is 2. The summed E-state index contributed by atoms with van der Waals surface area (Å²) in [7, 11) is 0. The number of hydrogen-bond donors (Lipinski definition) is 0. The van der Waals surface area contributed by atoms with Gasteiger partial charge in [-0.1, -0.05) is 42.5 Å². The fourth-order valence-electron chi connectivity index (χ4n) is 1.89. The average Bonchev–Trinajstić information content (AvgIpc) is 2.39. The Kier molecular flexibility index (Phi) is 2.11. The Morgan fingerprint density at radius 1 is 0.750 bits per heavy atom. The summed E-state index contributed by atoms with van der Waals surface area (Å²) in [5.41, 5.74) is 3.35. The van der Waals surface area contributed by atoms with Crippen LogP contribution in [0.3, 0.4) is 0 Å². The molecule has 0 radical (unpaired) electrons. The summed E-state index contributed by atoms with van der Waals surface area (Å²) < 4.78 is 0. The third-order valence-electron chi connectivity index (χ3n) is 2.64. The van der Waals surface area contributed by atoms with Crippen molar-refractivity contribution in [3.63, 3.8) is 0 Å². The van der Waals surface area contributed by atoms with Crippen LogP contribution in [0.2, 0.25) is 0 Å². The number of nitrogens with zero attached hydrogens (tertiary/aromatic N) is 2. The van der Waals surface area contributed by atoms with Gasteiger partial charge in [-0.05, 0) is 23.3 Å². The maximum Gasteiger partial charge on any atom is 0.0935 e. The van der Waals surface area contributed by atoms with Crippen LogP contribution >= 0.6 is 0 Å². The highest BCUT2D eigenvalue weighted by Gasteiger charge is 2.02. The Labute approximate surface area is 93.6 Å². The van der Waals surface area contributed by atoms with Gasteiger partial charge in [-0.25, -0.2) is 0 Å². The molecule has 0 saturated carbocycles. The van der Waals surface area contributed by atoms with Crippen LogP contribution in [0.25, 0.3) is 22.0 Å². The molecule has 0 amide bonds. The van der Waals surface area contributed by atoms with Gasteiger partial charge in [-0.2, -0.15) is 10.2 Å². The predicted octanol–water partition coefficient (Wildman–Crippen LogP) is 3.30. The van der Waals surface area contributed by atoms with E-state index >= 15 is 0 Å². The van der Waals surface area contributed by atoms with Crippen molar-refractivity contribution >= 4 is 10.9 Å². The monoisotopic (exact) mass is 206 g/mol. The largest absolute Gasteiger partial charge is 0.159 e. The van der Waals surface area contributed by atoms with Crippen molar-refractivity contribution in [1.29, 1.82) is 0 Å². The molecule has 0 bridgehead atoms. The van der Waals surface area contributed by atoms with Crippen LogP contribution in [-0.4, -0.2) is 10.2 Å². The van der Waals surface area contributed by atoms with Gasteiger partial charge >= 0.3 is 0 Å². The van der Waals surface area contributed by atoms with E-state index in [2.05, 4.69) is 28.4 Å². The Bertz CT molecular complexity index is 612. The van der Waals surface area contributed by atoms with E-state index in [-0.39, 0.29) is 0 Å². The Balaban J connectivity index is 2.32. The van der Waals surface area contributed by atoms with E-state index in [1.54, 1.807) is 6.20 Å². The molecule has 0 aliphatic rings. The second-order valence-electron chi connectivity index (χ2n) is 3.64. The third-order valence-corrected chi connectivity index (χ3v) is 2.64. The minimum absolute atomic E-state index is 0.934. The fourth-order valence-corrected chi connectivity index (χ4v) is 1.89. The van der Waals surface area contributed by atoms with Crippen LogP contribution in [0.15, 0.2) is 60.8 Å². The number of hydrogen-bond acceptors (Lipinski definition) is 2. The Hall–Kier alpha value is -2.22. The molecule has 1 aromatic heterocycles. The van der Waals surface area contributed by atoms with Gasteiger partial charge in [0.15, 0.2) is 0 Å². The van der Waals surface area contributed by atoms with E-state index in [1.807, 2.05) is 36.4 Å². The summed E-state index contributed by atoms with van der Waals surface area (Å²) in [6.07, 6.45) is 1.73. The molecular weight excluding hydrogens is 196 g/mol. The van der Waals surface area contributed by atoms with Crippen molar-refractivity contribution in [2.45, 2.75) is 0 Å². The zero-order valence-electron chi connectivity index (χ0n) is 8.67. The first kappa shape index (κ1) is 9.04. The van der Waals surface area contributed by atoms with E-state index < -0.39 is 0 Å². The molecule has 0 saturated heterocycles. The Morgan fingerprint density at radius 3 is 2.50 bits per heavy atom. The first-order valence-corrected chi connectivity index (χ1v) is 5.21. The first-order valence-electron chi connectivity index (χ1n) is 5.21. The fraction of sp³-hybridized carbons (Fsp3) is 0. The van der Waals surface area contributed by atoms with Crippen molar-refractivity contribution in [2.75, 3.05) is 0 Å². The van der Waals surface area contributed by atoms with Gasteiger partial charge in [0.05, 0.1) is 11.7 Å². The number of rotatable bonds is 1. The van der Waals surface area contributed by atoms with Crippen LogP contribution in [0.1, 0.15) is 0 Å². The van der Waals surface area contributed by atoms with Crippen LogP contribution in [0, 0.1) is 0 Å². The van der Waals surface area contributed by atoms with Crippen LogP contribution < -0.4 is 0 Å². The lowest BCUT2D eigenvalue weighted by molar-refractivity contribution is 1.08. The van der Waals surface area contributed by atoms with Crippen LogP contribution in [-0.2, 0) is 0 Å². The molecule has 76 valence electrons. The maximum absolute atomic E-state index is 4.12. The Morgan fingerprint density at radius 2 is 1.62 bits per heavy atom. The molecule has 0 spiro atoms. The standard InChI is InChI=1S/C14H10N2/c1-2-5-11(6-3-1)12-7-4-8-14-13(12)9-10-15-16-14/h1-10H. The smallest absolute Gasteiger partial charge is 0.0935 e. The van der Waals surface area contributed by atoms with Gasteiger partial charge in [0.1, 0.15) is 0 Å². The second-order valence-corrected chi connectivity index (χ2v) is 3.64. The molecule has 3 rings (SSSR count). The highest BCUT2D eigenvalue weighted by atomic mass is 15.1. The molecular formula is C14H10N2. The minimum atomic E-state index is 0.934. The van der Waals surface area contributed by atoms with Crippen LogP contribution in [0.4, 0.5) is 0 Å². The molecule has 0 fully saturated rings. The molecule has 0 unspecified atom stereocenters. The predicted molar refractivity (Wildman–Crippen MR) is 65.0 cm³/mol. The topological polar surface area (TPSA) is 25.8 Å². The van der Waals surface area contributed by atoms with Gasteiger partial charge in [0.25, 0.3) is 0 Å². The van der Waals surface area contributed by atoms with Crippen molar-refractivity contribution in [3.05, 3.63) is 60.8 Å². The van der Waals surface area contributed by atoms with Crippen molar-refractivity contribution in [2.24, 2.45) is 0 Å². The zero-order valence-corrected chi connectivity index (χ0v) is 8.67. The van der Waals surface area contributed by atoms with E-state index in [0.717, 1.165) is 10.9 Å². The van der Waals surface area contributed by atoms with Gasteiger partial charge in [-0.3, -0.25) is 0 Å². The van der Waals surface area contributed by atoms with E-state index in [0.29, 0.717) is 0 Å². The summed E-state index contributed by atoms with van der Waals surface area (Å²) in [5.74, 6) is 0. The zero-order chi connectivity index (χ0) is 10.8. The summed E-state index contributed by atoms with van der Waals surface area (Å²) in [6, 6.07) is 18.4. The summed E-state index contributed by atoms with van der Waals surface area (Å²) in [6.45, 7) is 0. The van der Waals surface area contributed by atoms with Crippen molar-refractivity contribution in [1.82, 2.24) is 10.2 Å². The van der Waals surface area contributed by atoms with E-state index in [1.165, 1.54) is 11.1 Å². The molecule has 0 atom stereocenters. The molecule has 2 heteroatoms. The SMILES string of the molecule is c1ccc(-c2cccc3nnccc23)cc1. The number of fused-ring (bicyclic) bond motifs is 1. The normalized spacial score (nSPS) is 10.5. The van der Waals surface area contributed by atoms with E-state index in [4.69, 9.17) is 0 Å². The molecule has 0 aliphatic carbocycles. The van der Waals surface area contributed by atoms with E-state index in [9.17, 15) is 0 Å². The lowest BCUT2D eigenvalue weighted by Crippen LogP contribution is -1.85. The quantitative estimate of drug-likeness (QED) is 0.610. The summed E-state index contributed by atoms with van der Waals surface area (Å²) in [4.78, 5) is 0. The van der Waals surface area contributed by atoms with Gasteiger partial charge in [0.2, 0.25) is 0 Å². The molecule has 16 heavy (non-hydrogen) atoms. The van der Waals surface area contributed by atoms with Crippen LogP contribution in [0.5, 0.6) is 0 Å². The highest BCUT2D eigenvalue weighted by Crippen LogP contribution is 2.26. The minimum Gasteiger partial charge on any atom is -0.159 e. The first-order chi connectivity index (χ1) is 7.95. The third kappa shape index (κ3) is 1.44. The molecule has 1 heterocycles. The molecule has 3 aromatic rings. The van der Waals surface area contributed by atoms with Gasteiger partial charge in [0, 0.05) is 5.39 Å². The second kappa shape index (κ2) is 3.74. The van der Waals surface area contributed by atoms with Crippen molar-refractivity contribution < 1.29 is 0 Å². The van der Waals surface area contributed by atoms with Gasteiger partial charge < -0.3 is 0 Å². The lowest BCUT2D eigenvalue weighted by Gasteiger charge is -2.04. The average molecular weight is 206 g/mol. The van der Waals surface area contributed by atoms with Crippen molar-refractivity contribution in [3.8, 4) is 11.1 Å². The number of benzene rings is 2. The molecule has 0 aliphatic heterocycles. The van der Waals surface area contributed by atoms with Gasteiger partial charge in [-0.15, -0.1) is 0 Å². The molecule has 0 N–H and O–H groups in total. The summed E-state index contributed by atoms with van der Waals surface area (Å²) >= 11 is 0. The lowest BCUT2D eigenvalue weighted by atomic mass is 10.0.